The third-order valence-electron chi connectivity index (χ3n) is 1.54. The van der Waals surface area contributed by atoms with Crippen molar-refractivity contribution in [2.45, 2.75) is 32.5 Å². The molecular formula is C8H11F3N2O. The van der Waals surface area contributed by atoms with Crippen LogP contribution in [0.15, 0.2) is 0 Å². The van der Waals surface area contributed by atoms with E-state index in [0.29, 0.717) is 0 Å². The van der Waals surface area contributed by atoms with Crippen LogP contribution in [0.4, 0.5) is 13.2 Å². The molecule has 14 heavy (non-hydrogen) atoms. The molecule has 0 unspecified atom stereocenters. The zero-order valence-corrected chi connectivity index (χ0v) is 7.93. The molecule has 0 spiro atoms. The lowest BCUT2D eigenvalue weighted by atomic mass is 10.2. The molecule has 0 rings (SSSR count). The summed E-state index contributed by atoms with van der Waals surface area (Å²) in [6, 6.07) is 1.25. The SMILES string of the molecule is CC(C)N(CC#N)C(=O)CC(F)(F)F. The second kappa shape index (κ2) is 4.84. The Balaban J connectivity index is 4.39. The number of alkyl halides is 3. The molecule has 3 nitrogen and oxygen atoms in total. The highest BCUT2D eigenvalue weighted by Crippen LogP contribution is 2.21. The first-order chi connectivity index (χ1) is 6.28. The molecule has 0 fully saturated rings. The summed E-state index contributed by atoms with van der Waals surface area (Å²) in [5, 5.41) is 8.31. The van der Waals surface area contributed by atoms with Crippen LogP contribution in [-0.2, 0) is 4.79 Å². The van der Waals surface area contributed by atoms with E-state index in [0.717, 1.165) is 4.90 Å². The number of hydrogen-bond donors (Lipinski definition) is 0. The van der Waals surface area contributed by atoms with Crippen molar-refractivity contribution < 1.29 is 18.0 Å². The van der Waals surface area contributed by atoms with Crippen molar-refractivity contribution in [2.75, 3.05) is 6.54 Å². The van der Waals surface area contributed by atoms with Gasteiger partial charge in [-0.3, -0.25) is 4.79 Å². The monoisotopic (exact) mass is 208 g/mol. The van der Waals surface area contributed by atoms with E-state index in [1.165, 1.54) is 0 Å². The molecule has 0 aromatic rings. The summed E-state index contributed by atoms with van der Waals surface area (Å²) in [6.07, 6.45) is -6.02. The largest absolute Gasteiger partial charge is 0.397 e. The minimum absolute atomic E-state index is 0.313. The standard InChI is InChI=1S/C8H11F3N2O/c1-6(2)13(4-3-12)7(14)5-8(9,10)11/h6H,4-5H2,1-2H3. The molecule has 0 aliphatic carbocycles. The van der Waals surface area contributed by atoms with Crippen LogP contribution in [-0.4, -0.2) is 29.6 Å². The number of halogens is 3. The molecule has 0 radical (unpaired) electrons. The first kappa shape index (κ1) is 12.8. The molecule has 0 bridgehead atoms. The van der Waals surface area contributed by atoms with Gasteiger partial charge in [0, 0.05) is 6.04 Å². The molecule has 0 atom stereocenters. The second-order valence-corrected chi connectivity index (χ2v) is 3.07. The lowest BCUT2D eigenvalue weighted by Crippen LogP contribution is -2.39. The number of nitrogens with zero attached hydrogens (tertiary/aromatic N) is 2. The van der Waals surface area contributed by atoms with Crippen LogP contribution in [0.3, 0.4) is 0 Å². The van der Waals surface area contributed by atoms with Crippen LogP contribution in [0.2, 0.25) is 0 Å². The van der Waals surface area contributed by atoms with E-state index >= 15 is 0 Å². The average Bonchev–Trinajstić information content (AvgIpc) is 1.95. The number of carbonyl (C=O) groups is 1. The Morgan fingerprint density at radius 3 is 2.29 bits per heavy atom. The Bertz CT molecular complexity index is 242. The Labute approximate surface area is 80.1 Å². The smallest absolute Gasteiger partial charge is 0.327 e. The lowest BCUT2D eigenvalue weighted by Gasteiger charge is -2.24. The number of amides is 1. The molecule has 0 aromatic carbocycles. The van der Waals surface area contributed by atoms with E-state index < -0.39 is 24.5 Å². The zero-order chi connectivity index (χ0) is 11.4. The molecule has 80 valence electrons. The third kappa shape index (κ3) is 4.70. The van der Waals surface area contributed by atoms with Crippen molar-refractivity contribution in [3.63, 3.8) is 0 Å². The van der Waals surface area contributed by atoms with Gasteiger partial charge in [0.2, 0.25) is 5.91 Å². The van der Waals surface area contributed by atoms with Gasteiger partial charge in [-0.25, -0.2) is 0 Å². The molecular weight excluding hydrogens is 197 g/mol. The molecule has 0 N–H and O–H groups in total. The average molecular weight is 208 g/mol. The van der Waals surface area contributed by atoms with Crippen LogP contribution in [0.25, 0.3) is 0 Å². The van der Waals surface area contributed by atoms with Crippen molar-refractivity contribution in [3.05, 3.63) is 0 Å². The topological polar surface area (TPSA) is 44.1 Å². The van der Waals surface area contributed by atoms with Crippen molar-refractivity contribution in [1.82, 2.24) is 4.90 Å². The van der Waals surface area contributed by atoms with Crippen LogP contribution < -0.4 is 0 Å². The minimum atomic E-state index is -4.51. The Morgan fingerprint density at radius 1 is 1.50 bits per heavy atom. The van der Waals surface area contributed by atoms with Gasteiger partial charge >= 0.3 is 6.18 Å². The van der Waals surface area contributed by atoms with Crippen LogP contribution in [0.5, 0.6) is 0 Å². The predicted octanol–water partition coefficient (Wildman–Crippen LogP) is 1.70. The summed E-state index contributed by atoms with van der Waals surface area (Å²) in [5.74, 6) is -1.06. The highest BCUT2D eigenvalue weighted by atomic mass is 19.4. The maximum atomic E-state index is 11.8. The van der Waals surface area contributed by atoms with Gasteiger partial charge in [0.25, 0.3) is 0 Å². The van der Waals surface area contributed by atoms with Gasteiger partial charge in [0.1, 0.15) is 13.0 Å². The maximum absolute atomic E-state index is 11.8. The molecule has 0 aliphatic rings. The summed E-state index contributed by atoms with van der Waals surface area (Å²) in [4.78, 5) is 11.9. The summed E-state index contributed by atoms with van der Waals surface area (Å²) in [7, 11) is 0. The van der Waals surface area contributed by atoms with E-state index in [-0.39, 0.29) is 6.54 Å². The third-order valence-corrected chi connectivity index (χ3v) is 1.54. The van der Waals surface area contributed by atoms with Gasteiger partial charge in [0.15, 0.2) is 0 Å². The van der Waals surface area contributed by atoms with E-state index in [4.69, 9.17) is 5.26 Å². The van der Waals surface area contributed by atoms with Crippen molar-refractivity contribution in [1.29, 1.82) is 5.26 Å². The number of hydrogen-bond acceptors (Lipinski definition) is 2. The van der Waals surface area contributed by atoms with Gasteiger partial charge in [-0.15, -0.1) is 0 Å². The van der Waals surface area contributed by atoms with E-state index in [1.54, 1.807) is 19.9 Å². The quantitative estimate of drug-likeness (QED) is 0.662. The molecule has 0 heterocycles. The number of nitriles is 1. The zero-order valence-electron chi connectivity index (χ0n) is 7.93. The fourth-order valence-corrected chi connectivity index (χ4v) is 0.908. The minimum Gasteiger partial charge on any atom is -0.327 e. The van der Waals surface area contributed by atoms with Gasteiger partial charge in [-0.05, 0) is 13.8 Å². The van der Waals surface area contributed by atoms with Gasteiger partial charge < -0.3 is 4.90 Å². The van der Waals surface area contributed by atoms with E-state index in [2.05, 4.69) is 0 Å². The first-order valence-electron chi connectivity index (χ1n) is 4.01. The Kier molecular flexibility index (Phi) is 4.41. The molecule has 0 saturated heterocycles. The predicted molar refractivity (Wildman–Crippen MR) is 43.1 cm³/mol. The fraction of sp³-hybridized carbons (Fsp3) is 0.750. The number of rotatable bonds is 3. The van der Waals surface area contributed by atoms with Gasteiger partial charge in [-0.2, -0.15) is 18.4 Å². The maximum Gasteiger partial charge on any atom is 0.397 e. The molecule has 0 aromatic heterocycles. The lowest BCUT2D eigenvalue weighted by molar-refractivity contribution is -0.162. The summed E-state index contributed by atoms with van der Waals surface area (Å²) < 4.78 is 35.5. The van der Waals surface area contributed by atoms with E-state index in [9.17, 15) is 18.0 Å². The van der Waals surface area contributed by atoms with Gasteiger partial charge in [-0.1, -0.05) is 0 Å². The van der Waals surface area contributed by atoms with Crippen LogP contribution in [0, 0.1) is 11.3 Å². The Morgan fingerprint density at radius 2 is 2.00 bits per heavy atom. The highest BCUT2D eigenvalue weighted by molar-refractivity contribution is 5.77. The highest BCUT2D eigenvalue weighted by Gasteiger charge is 2.34. The first-order valence-corrected chi connectivity index (χ1v) is 4.01. The van der Waals surface area contributed by atoms with Crippen molar-refractivity contribution in [3.8, 4) is 6.07 Å². The number of carbonyl (C=O) groups excluding carboxylic acids is 1. The van der Waals surface area contributed by atoms with Crippen LogP contribution >= 0.6 is 0 Å². The summed E-state index contributed by atoms with van der Waals surface area (Å²) in [5.41, 5.74) is 0. The summed E-state index contributed by atoms with van der Waals surface area (Å²) in [6.45, 7) is 2.81. The Hall–Kier alpha value is -1.25. The molecule has 1 amide bonds. The normalized spacial score (nSPS) is 11.2. The fourth-order valence-electron chi connectivity index (χ4n) is 0.908. The second-order valence-electron chi connectivity index (χ2n) is 3.07. The van der Waals surface area contributed by atoms with Gasteiger partial charge in [0.05, 0.1) is 6.07 Å². The summed E-state index contributed by atoms with van der Waals surface area (Å²) >= 11 is 0. The van der Waals surface area contributed by atoms with Crippen LogP contribution in [0.1, 0.15) is 20.3 Å². The van der Waals surface area contributed by atoms with Crippen molar-refractivity contribution >= 4 is 5.91 Å². The molecule has 0 saturated carbocycles. The van der Waals surface area contributed by atoms with E-state index in [1.807, 2.05) is 0 Å². The molecule has 6 heteroatoms. The molecule has 0 aliphatic heterocycles. The van der Waals surface area contributed by atoms with Crippen molar-refractivity contribution in [2.24, 2.45) is 0 Å².